The first-order chi connectivity index (χ1) is 9.61. The highest BCUT2D eigenvalue weighted by molar-refractivity contribution is 5.56. The van der Waals surface area contributed by atoms with Crippen LogP contribution >= 0.6 is 0 Å². The first kappa shape index (κ1) is 15.3. The van der Waals surface area contributed by atoms with Gasteiger partial charge in [-0.05, 0) is 42.4 Å². The van der Waals surface area contributed by atoms with Gasteiger partial charge in [-0.3, -0.25) is 0 Å². The molecule has 0 radical (unpaired) electrons. The molecule has 0 amide bonds. The zero-order valence-corrected chi connectivity index (χ0v) is 13.0. The van der Waals surface area contributed by atoms with Crippen molar-refractivity contribution in [3.63, 3.8) is 0 Å². The van der Waals surface area contributed by atoms with E-state index < -0.39 is 0 Å². The lowest BCUT2D eigenvalue weighted by molar-refractivity contribution is 0.244. The van der Waals surface area contributed by atoms with Gasteiger partial charge in [0.15, 0.2) is 0 Å². The van der Waals surface area contributed by atoms with Gasteiger partial charge in [0.05, 0.1) is 0 Å². The Morgan fingerprint density at radius 2 is 2.15 bits per heavy atom. The van der Waals surface area contributed by atoms with Gasteiger partial charge in [0.1, 0.15) is 0 Å². The Balaban J connectivity index is 2.00. The Labute approximate surface area is 123 Å². The molecule has 112 valence electrons. The molecule has 0 saturated carbocycles. The standard InChI is InChI=1S/C17H28N2O/c1-13(2)16(8-10-20)18-12-14-6-7-17-15(11-14)5-4-9-19(17)3/h6-7,11,13,16,18,20H,4-5,8-10,12H2,1-3H3. The highest BCUT2D eigenvalue weighted by atomic mass is 16.3. The average Bonchev–Trinajstić information content (AvgIpc) is 2.43. The van der Waals surface area contributed by atoms with Crippen LogP contribution in [0.3, 0.4) is 0 Å². The lowest BCUT2D eigenvalue weighted by atomic mass is 9.98. The molecule has 0 saturated heterocycles. The molecule has 1 aromatic rings. The molecule has 2 N–H and O–H groups in total. The maximum absolute atomic E-state index is 9.12. The first-order valence-electron chi connectivity index (χ1n) is 7.79. The van der Waals surface area contributed by atoms with Crippen molar-refractivity contribution < 1.29 is 5.11 Å². The number of nitrogens with one attached hydrogen (secondary N) is 1. The van der Waals surface area contributed by atoms with Crippen molar-refractivity contribution in [1.82, 2.24) is 5.32 Å². The van der Waals surface area contributed by atoms with E-state index in [0.29, 0.717) is 12.0 Å². The Hall–Kier alpha value is -1.06. The number of aliphatic hydroxyl groups is 1. The molecule has 3 nitrogen and oxygen atoms in total. The Morgan fingerprint density at radius 1 is 1.35 bits per heavy atom. The van der Waals surface area contributed by atoms with Gasteiger partial charge in [-0.15, -0.1) is 0 Å². The second-order valence-electron chi connectivity index (χ2n) is 6.23. The van der Waals surface area contributed by atoms with Crippen molar-refractivity contribution in [1.29, 1.82) is 0 Å². The van der Waals surface area contributed by atoms with E-state index in [0.717, 1.165) is 19.5 Å². The van der Waals surface area contributed by atoms with Crippen LogP contribution in [-0.4, -0.2) is 31.3 Å². The number of hydrogen-bond acceptors (Lipinski definition) is 3. The minimum absolute atomic E-state index is 0.255. The van der Waals surface area contributed by atoms with Gasteiger partial charge in [-0.2, -0.15) is 0 Å². The van der Waals surface area contributed by atoms with E-state index in [1.54, 1.807) is 0 Å². The number of aryl methyl sites for hydroxylation is 1. The number of rotatable bonds is 6. The third-order valence-electron chi connectivity index (χ3n) is 4.31. The fourth-order valence-electron chi connectivity index (χ4n) is 3.01. The second-order valence-corrected chi connectivity index (χ2v) is 6.23. The molecule has 0 fully saturated rings. The topological polar surface area (TPSA) is 35.5 Å². The van der Waals surface area contributed by atoms with Crippen molar-refractivity contribution >= 4 is 5.69 Å². The fraction of sp³-hybridized carbons (Fsp3) is 0.647. The van der Waals surface area contributed by atoms with Crippen LogP contribution in [0.5, 0.6) is 0 Å². The monoisotopic (exact) mass is 276 g/mol. The van der Waals surface area contributed by atoms with Crippen molar-refractivity contribution in [3.05, 3.63) is 29.3 Å². The third kappa shape index (κ3) is 3.74. The van der Waals surface area contributed by atoms with Gasteiger partial charge >= 0.3 is 0 Å². The molecule has 0 bridgehead atoms. The number of fused-ring (bicyclic) bond motifs is 1. The van der Waals surface area contributed by atoms with E-state index in [9.17, 15) is 0 Å². The number of benzene rings is 1. The molecule has 1 atom stereocenters. The van der Waals surface area contributed by atoms with Crippen molar-refractivity contribution in [2.24, 2.45) is 5.92 Å². The predicted molar refractivity (Wildman–Crippen MR) is 85.2 cm³/mol. The van der Waals surface area contributed by atoms with Gasteiger partial charge in [0.25, 0.3) is 0 Å². The zero-order chi connectivity index (χ0) is 14.5. The number of hydrogen-bond donors (Lipinski definition) is 2. The van der Waals surface area contributed by atoms with Crippen molar-refractivity contribution in [3.8, 4) is 0 Å². The van der Waals surface area contributed by atoms with Crippen LogP contribution in [0.2, 0.25) is 0 Å². The number of anilines is 1. The van der Waals surface area contributed by atoms with E-state index in [-0.39, 0.29) is 6.61 Å². The Morgan fingerprint density at radius 3 is 2.85 bits per heavy atom. The van der Waals surface area contributed by atoms with Crippen LogP contribution < -0.4 is 10.2 Å². The number of aliphatic hydroxyl groups excluding tert-OH is 1. The van der Waals surface area contributed by atoms with Crippen molar-refractivity contribution in [2.45, 2.75) is 45.7 Å². The van der Waals surface area contributed by atoms with Crippen molar-refractivity contribution in [2.75, 3.05) is 25.1 Å². The molecule has 2 rings (SSSR count). The molecule has 1 aliphatic heterocycles. The van der Waals surface area contributed by atoms with Crippen LogP contribution in [0.4, 0.5) is 5.69 Å². The lowest BCUT2D eigenvalue weighted by Crippen LogP contribution is -2.34. The number of nitrogens with zero attached hydrogens (tertiary/aromatic N) is 1. The third-order valence-corrected chi connectivity index (χ3v) is 4.31. The summed E-state index contributed by atoms with van der Waals surface area (Å²) in [6, 6.07) is 7.21. The fourth-order valence-corrected chi connectivity index (χ4v) is 3.01. The first-order valence-corrected chi connectivity index (χ1v) is 7.79. The summed E-state index contributed by atoms with van der Waals surface area (Å²) < 4.78 is 0. The summed E-state index contributed by atoms with van der Waals surface area (Å²) in [4.78, 5) is 2.35. The van der Waals surface area contributed by atoms with Crippen LogP contribution in [0.25, 0.3) is 0 Å². The highest BCUT2D eigenvalue weighted by Gasteiger charge is 2.15. The zero-order valence-electron chi connectivity index (χ0n) is 13.0. The van der Waals surface area contributed by atoms with Gasteiger partial charge in [0, 0.05) is 38.5 Å². The summed E-state index contributed by atoms with van der Waals surface area (Å²) in [5.41, 5.74) is 4.21. The van der Waals surface area contributed by atoms with Gasteiger partial charge in [-0.25, -0.2) is 0 Å². The molecule has 0 spiro atoms. The van der Waals surface area contributed by atoms with Gasteiger partial charge in [-0.1, -0.05) is 26.0 Å². The molecule has 20 heavy (non-hydrogen) atoms. The van der Waals surface area contributed by atoms with Crippen LogP contribution in [0, 0.1) is 5.92 Å². The van der Waals surface area contributed by atoms with Crippen LogP contribution in [0.1, 0.15) is 37.8 Å². The minimum Gasteiger partial charge on any atom is -0.396 e. The predicted octanol–water partition coefficient (Wildman–Crippen LogP) is 2.57. The molecular formula is C17H28N2O. The summed E-state index contributed by atoms with van der Waals surface area (Å²) in [5, 5.41) is 12.7. The van der Waals surface area contributed by atoms with E-state index >= 15 is 0 Å². The van der Waals surface area contributed by atoms with E-state index in [2.05, 4.69) is 49.3 Å². The summed E-state index contributed by atoms with van der Waals surface area (Å²) in [6.45, 7) is 6.71. The molecule has 1 aliphatic rings. The lowest BCUT2D eigenvalue weighted by Gasteiger charge is -2.28. The van der Waals surface area contributed by atoms with Gasteiger partial charge in [0.2, 0.25) is 0 Å². The smallest absolute Gasteiger partial charge is 0.0445 e. The Kier molecular flexibility index (Phi) is 5.44. The summed E-state index contributed by atoms with van der Waals surface area (Å²) in [5.74, 6) is 0.547. The maximum Gasteiger partial charge on any atom is 0.0445 e. The van der Waals surface area contributed by atoms with E-state index in [1.165, 1.54) is 29.7 Å². The molecule has 0 aromatic heterocycles. The molecular weight excluding hydrogens is 248 g/mol. The largest absolute Gasteiger partial charge is 0.396 e. The maximum atomic E-state index is 9.12. The average molecular weight is 276 g/mol. The van der Waals surface area contributed by atoms with E-state index in [1.807, 2.05) is 0 Å². The summed E-state index contributed by atoms with van der Waals surface area (Å²) in [7, 11) is 2.17. The van der Waals surface area contributed by atoms with Crippen LogP contribution in [0.15, 0.2) is 18.2 Å². The summed E-state index contributed by atoms with van der Waals surface area (Å²) in [6.07, 6.45) is 3.27. The SMILES string of the molecule is CC(C)C(CCO)NCc1ccc2c(c1)CCCN2C. The van der Waals surface area contributed by atoms with E-state index in [4.69, 9.17) is 5.11 Å². The molecule has 0 aliphatic carbocycles. The Bertz CT molecular complexity index is 431. The molecule has 3 heteroatoms. The molecule has 1 heterocycles. The molecule has 1 unspecified atom stereocenters. The minimum atomic E-state index is 0.255. The quantitative estimate of drug-likeness (QED) is 0.838. The molecule has 1 aromatic carbocycles. The van der Waals surface area contributed by atoms with Crippen LogP contribution in [-0.2, 0) is 13.0 Å². The normalized spacial score (nSPS) is 16.4. The highest BCUT2D eigenvalue weighted by Crippen LogP contribution is 2.26. The summed E-state index contributed by atoms with van der Waals surface area (Å²) >= 11 is 0. The second kappa shape index (κ2) is 7.09. The van der Waals surface area contributed by atoms with Gasteiger partial charge < -0.3 is 15.3 Å².